The standard InChI is InChI=1S/C10H15ClN4O2/c1-3-14(2)5-4-12-10-9(11)6-8(7-13-10)15(16)17/h6-7H,3-5H2,1-2H3,(H,12,13). The van der Waals surface area contributed by atoms with Gasteiger partial charge in [0.15, 0.2) is 0 Å². The third kappa shape index (κ3) is 4.16. The highest BCUT2D eigenvalue weighted by atomic mass is 35.5. The molecule has 6 nitrogen and oxygen atoms in total. The van der Waals surface area contributed by atoms with Crippen molar-refractivity contribution < 1.29 is 4.92 Å². The molecular weight excluding hydrogens is 244 g/mol. The molecule has 0 amide bonds. The van der Waals surface area contributed by atoms with E-state index < -0.39 is 4.92 Å². The molecule has 0 aliphatic rings. The average Bonchev–Trinajstić information content (AvgIpc) is 2.30. The van der Waals surface area contributed by atoms with Crippen molar-refractivity contribution in [1.29, 1.82) is 0 Å². The molecule has 1 rings (SSSR count). The van der Waals surface area contributed by atoms with Gasteiger partial charge >= 0.3 is 0 Å². The number of nitro groups is 1. The molecule has 0 bridgehead atoms. The Bertz CT molecular complexity index is 400. The van der Waals surface area contributed by atoms with E-state index in [0.29, 0.717) is 12.4 Å². The third-order valence-electron chi connectivity index (χ3n) is 2.36. The van der Waals surface area contributed by atoms with E-state index in [9.17, 15) is 10.1 Å². The van der Waals surface area contributed by atoms with E-state index in [2.05, 4.69) is 22.1 Å². The van der Waals surface area contributed by atoms with Gasteiger partial charge in [-0.2, -0.15) is 0 Å². The number of anilines is 1. The molecule has 1 aromatic rings. The van der Waals surface area contributed by atoms with Crippen molar-refractivity contribution in [2.24, 2.45) is 0 Å². The zero-order chi connectivity index (χ0) is 12.8. The van der Waals surface area contributed by atoms with Crippen molar-refractivity contribution >= 4 is 23.1 Å². The molecule has 1 aromatic heterocycles. The minimum Gasteiger partial charge on any atom is -0.368 e. The Morgan fingerprint density at radius 2 is 2.35 bits per heavy atom. The average molecular weight is 259 g/mol. The minimum atomic E-state index is -0.520. The molecule has 0 fully saturated rings. The van der Waals surface area contributed by atoms with Gasteiger partial charge in [-0.1, -0.05) is 18.5 Å². The fourth-order valence-electron chi connectivity index (χ4n) is 1.18. The van der Waals surface area contributed by atoms with Gasteiger partial charge in [0.2, 0.25) is 0 Å². The van der Waals surface area contributed by atoms with Crippen LogP contribution in [0.5, 0.6) is 0 Å². The van der Waals surface area contributed by atoms with Crippen LogP contribution in [0.3, 0.4) is 0 Å². The first-order chi connectivity index (χ1) is 8.04. The van der Waals surface area contributed by atoms with Crippen molar-refractivity contribution in [3.63, 3.8) is 0 Å². The molecule has 17 heavy (non-hydrogen) atoms. The summed E-state index contributed by atoms with van der Waals surface area (Å²) in [5, 5.41) is 13.8. The van der Waals surface area contributed by atoms with Crippen LogP contribution < -0.4 is 5.32 Å². The molecule has 0 atom stereocenters. The molecule has 0 aliphatic heterocycles. The fourth-order valence-corrected chi connectivity index (χ4v) is 1.41. The number of halogens is 1. The molecule has 0 saturated carbocycles. The van der Waals surface area contributed by atoms with E-state index in [-0.39, 0.29) is 10.7 Å². The quantitative estimate of drug-likeness (QED) is 0.624. The molecule has 94 valence electrons. The van der Waals surface area contributed by atoms with Gasteiger partial charge in [-0.15, -0.1) is 0 Å². The summed E-state index contributed by atoms with van der Waals surface area (Å²) in [7, 11) is 2.01. The number of hydrogen-bond acceptors (Lipinski definition) is 5. The Morgan fingerprint density at radius 3 is 2.88 bits per heavy atom. The first-order valence-corrected chi connectivity index (χ1v) is 5.64. The van der Waals surface area contributed by atoms with Crippen LogP contribution in [-0.2, 0) is 0 Å². The Balaban J connectivity index is 2.57. The highest BCUT2D eigenvalue weighted by Gasteiger charge is 2.10. The van der Waals surface area contributed by atoms with Crippen molar-refractivity contribution in [1.82, 2.24) is 9.88 Å². The van der Waals surface area contributed by atoms with Gasteiger partial charge in [0, 0.05) is 19.2 Å². The van der Waals surface area contributed by atoms with Gasteiger partial charge in [0.25, 0.3) is 5.69 Å². The van der Waals surface area contributed by atoms with E-state index in [1.54, 1.807) is 0 Å². The molecule has 0 saturated heterocycles. The number of hydrogen-bond donors (Lipinski definition) is 1. The summed E-state index contributed by atoms with van der Waals surface area (Å²) in [6.45, 7) is 4.57. The third-order valence-corrected chi connectivity index (χ3v) is 2.65. The summed E-state index contributed by atoms with van der Waals surface area (Å²) in [5.74, 6) is 0.474. The molecule has 0 aromatic carbocycles. The summed E-state index contributed by atoms with van der Waals surface area (Å²) in [4.78, 5) is 16.0. The number of nitrogens with one attached hydrogen (secondary N) is 1. The lowest BCUT2D eigenvalue weighted by atomic mass is 10.4. The molecule has 0 spiro atoms. The molecule has 7 heteroatoms. The van der Waals surface area contributed by atoms with Crippen molar-refractivity contribution in [3.05, 3.63) is 27.4 Å². The molecular formula is C10H15ClN4O2. The maximum absolute atomic E-state index is 10.5. The highest BCUT2D eigenvalue weighted by Crippen LogP contribution is 2.23. The lowest BCUT2D eigenvalue weighted by molar-refractivity contribution is -0.385. The number of pyridine rings is 1. The van der Waals surface area contributed by atoms with Crippen LogP contribution in [0.4, 0.5) is 11.5 Å². The highest BCUT2D eigenvalue weighted by molar-refractivity contribution is 6.33. The second-order valence-electron chi connectivity index (χ2n) is 3.60. The summed E-state index contributed by atoms with van der Waals surface area (Å²) in [5.41, 5.74) is -0.105. The number of aromatic nitrogens is 1. The van der Waals surface area contributed by atoms with Gasteiger partial charge in [-0.25, -0.2) is 4.98 Å². The maximum atomic E-state index is 10.5. The fraction of sp³-hybridized carbons (Fsp3) is 0.500. The normalized spacial score (nSPS) is 10.6. The second-order valence-corrected chi connectivity index (χ2v) is 4.01. The second kappa shape index (κ2) is 6.36. The summed E-state index contributed by atoms with van der Waals surface area (Å²) in [6.07, 6.45) is 1.19. The van der Waals surface area contributed by atoms with Crippen LogP contribution in [0.15, 0.2) is 12.3 Å². The maximum Gasteiger partial charge on any atom is 0.289 e. The largest absolute Gasteiger partial charge is 0.368 e. The first-order valence-electron chi connectivity index (χ1n) is 5.27. The SMILES string of the molecule is CCN(C)CCNc1ncc([N+](=O)[O-])cc1Cl. The van der Waals surface area contributed by atoms with Gasteiger partial charge in [0.05, 0.1) is 9.95 Å². The summed E-state index contributed by atoms with van der Waals surface area (Å²) >= 11 is 5.88. The summed E-state index contributed by atoms with van der Waals surface area (Å²) in [6, 6.07) is 1.29. The zero-order valence-corrected chi connectivity index (χ0v) is 10.6. The number of nitrogens with zero attached hydrogens (tertiary/aromatic N) is 3. The van der Waals surface area contributed by atoms with E-state index in [0.717, 1.165) is 13.1 Å². The Morgan fingerprint density at radius 1 is 1.65 bits per heavy atom. The van der Waals surface area contributed by atoms with E-state index >= 15 is 0 Å². The Labute approximate surface area is 105 Å². The van der Waals surface area contributed by atoms with Gasteiger partial charge < -0.3 is 10.2 Å². The van der Waals surface area contributed by atoms with Crippen LogP contribution in [-0.4, -0.2) is 41.5 Å². The van der Waals surface area contributed by atoms with Crippen molar-refractivity contribution in [3.8, 4) is 0 Å². The number of likely N-dealkylation sites (N-methyl/N-ethyl adjacent to an activating group) is 1. The van der Waals surface area contributed by atoms with E-state index in [1.807, 2.05) is 7.05 Å². The predicted molar refractivity (Wildman–Crippen MR) is 67.6 cm³/mol. The molecule has 0 radical (unpaired) electrons. The smallest absolute Gasteiger partial charge is 0.289 e. The topological polar surface area (TPSA) is 71.3 Å². The molecule has 1 heterocycles. The van der Waals surface area contributed by atoms with Crippen LogP contribution in [0.25, 0.3) is 0 Å². The Kier molecular flexibility index (Phi) is 5.11. The van der Waals surface area contributed by atoms with Crippen LogP contribution in [0.1, 0.15) is 6.92 Å². The van der Waals surface area contributed by atoms with E-state index in [4.69, 9.17) is 11.6 Å². The van der Waals surface area contributed by atoms with Crippen molar-refractivity contribution in [2.45, 2.75) is 6.92 Å². The van der Waals surface area contributed by atoms with Gasteiger partial charge in [-0.05, 0) is 13.6 Å². The monoisotopic (exact) mass is 258 g/mol. The Hall–Kier alpha value is -1.40. The molecule has 0 unspecified atom stereocenters. The summed E-state index contributed by atoms with van der Waals surface area (Å²) < 4.78 is 0. The first kappa shape index (κ1) is 13.7. The van der Waals surface area contributed by atoms with Crippen LogP contribution in [0, 0.1) is 10.1 Å². The molecule has 0 aliphatic carbocycles. The van der Waals surface area contributed by atoms with E-state index in [1.165, 1.54) is 12.3 Å². The predicted octanol–water partition coefficient (Wildman–Crippen LogP) is 2.01. The van der Waals surface area contributed by atoms with Crippen molar-refractivity contribution in [2.75, 3.05) is 32.0 Å². The van der Waals surface area contributed by atoms with Gasteiger partial charge in [0.1, 0.15) is 12.0 Å². The van der Waals surface area contributed by atoms with Crippen LogP contribution >= 0.6 is 11.6 Å². The lowest BCUT2D eigenvalue weighted by Crippen LogP contribution is -2.25. The zero-order valence-electron chi connectivity index (χ0n) is 9.81. The molecule has 1 N–H and O–H groups in total. The number of rotatable bonds is 6. The van der Waals surface area contributed by atoms with Crippen LogP contribution in [0.2, 0.25) is 5.02 Å². The lowest BCUT2D eigenvalue weighted by Gasteiger charge is -2.14. The van der Waals surface area contributed by atoms with Gasteiger partial charge in [-0.3, -0.25) is 10.1 Å². The minimum absolute atomic E-state index is 0.105.